The number of anilines is 1. The molecular formula is C14H19Cl2N3O2. The number of nitrogens with two attached hydrogens (primary N) is 1. The van der Waals surface area contributed by atoms with Gasteiger partial charge in [0.1, 0.15) is 12.1 Å². The van der Waals surface area contributed by atoms with E-state index in [1.54, 1.807) is 25.1 Å². The molecule has 21 heavy (non-hydrogen) atoms. The molecular weight excluding hydrogens is 313 g/mol. The van der Waals surface area contributed by atoms with E-state index >= 15 is 0 Å². The van der Waals surface area contributed by atoms with E-state index in [2.05, 4.69) is 10.6 Å². The molecule has 0 aromatic heterocycles. The number of benzene rings is 1. The minimum atomic E-state index is -0.699. The zero-order valence-corrected chi connectivity index (χ0v) is 13.6. The minimum absolute atomic E-state index is 0.0800. The topological polar surface area (TPSA) is 84.2 Å². The zero-order chi connectivity index (χ0) is 16.2. The van der Waals surface area contributed by atoms with E-state index in [9.17, 15) is 9.59 Å². The summed E-state index contributed by atoms with van der Waals surface area (Å²) in [6.07, 6.45) is 0. The molecule has 0 bridgehead atoms. The molecule has 2 atom stereocenters. The van der Waals surface area contributed by atoms with Crippen LogP contribution in [0.1, 0.15) is 20.8 Å². The monoisotopic (exact) mass is 331 g/mol. The van der Waals surface area contributed by atoms with Crippen molar-refractivity contribution in [3.8, 4) is 0 Å². The van der Waals surface area contributed by atoms with Gasteiger partial charge in [-0.3, -0.25) is 9.59 Å². The van der Waals surface area contributed by atoms with E-state index in [-0.39, 0.29) is 11.8 Å². The van der Waals surface area contributed by atoms with Crippen LogP contribution in [0.3, 0.4) is 0 Å². The molecule has 0 heterocycles. The summed E-state index contributed by atoms with van der Waals surface area (Å²) in [5.74, 6) is -0.956. The summed E-state index contributed by atoms with van der Waals surface area (Å²) >= 11 is 11.7. The average molecular weight is 332 g/mol. The van der Waals surface area contributed by atoms with Crippen molar-refractivity contribution in [3.63, 3.8) is 0 Å². The van der Waals surface area contributed by atoms with Crippen LogP contribution in [0.2, 0.25) is 10.0 Å². The third-order valence-corrected chi connectivity index (χ3v) is 3.71. The van der Waals surface area contributed by atoms with E-state index < -0.39 is 18.0 Å². The van der Waals surface area contributed by atoms with Gasteiger partial charge in [-0.25, -0.2) is 0 Å². The fourth-order valence-corrected chi connectivity index (χ4v) is 2.04. The summed E-state index contributed by atoms with van der Waals surface area (Å²) in [4.78, 5) is 23.4. The SMILES string of the molecule is CC(C)[C@H](NC(=O)[C@H](C)Nc1ccc(Cl)c(Cl)c1)C(N)=O. The van der Waals surface area contributed by atoms with Crippen LogP contribution in [-0.4, -0.2) is 23.9 Å². The van der Waals surface area contributed by atoms with Gasteiger partial charge in [0.15, 0.2) is 0 Å². The first-order valence-electron chi connectivity index (χ1n) is 6.53. The van der Waals surface area contributed by atoms with Crippen LogP contribution < -0.4 is 16.4 Å². The number of nitrogens with one attached hydrogen (secondary N) is 2. The second kappa shape index (κ2) is 7.52. The number of halogens is 2. The zero-order valence-electron chi connectivity index (χ0n) is 12.1. The lowest BCUT2D eigenvalue weighted by molar-refractivity contribution is -0.128. The number of carbonyl (C=O) groups excluding carboxylic acids is 2. The van der Waals surface area contributed by atoms with Gasteiger partial charge in [-0.15, -0.1) is 0 Å². The molecule has 0 aliphatic carbocycles. The molecule has 0 aliphatic heterocycles. The number of carbonyl (C=O) groups is 2. The molecule has 0 aliphatic rings. The van der Waals surface area contributed by atoms with Crippen LogP contribution in [0.5, 0.6) is 0 Å². The third-order valence-electron chi connectivity index (χ3n) is 2.97. The Labute approximate surface area is 134 Å². The van der Waals surface area contributed by atoms with Crippen molar-refractivity contribution in [2.45, 2.75) is 32.9 Å². The highest BCUT2D eigenvalue weighted by Gasteiger charge is 2.24. The highest BCUT2D eigenvalue weighted by molar-refractivity contribution is 6.42. The van der Waals surface area contributed by atoms with Crippen LogP contribution in [0.15, 0.2) is 18.2 Å². The first-order valence-corrected chi connectivity index (χ1v) is 7.29. The molecule has 116 valence electrons. The third kappa shape index (κ3) is 5.10. The molecule has 0 fully saturated rings. The van der Waals surface area contributed by atoms with Gasteiger partial charge >= 0.3 is 0 Å². The van der Waals surface area contributed by atoms with Gasteiger partial charge in [-0.2, -0.15) is 0 Å². The number of amides is 2. The van der Waals surface area contributed by atoms with Crippen LogP contribution in [0, 0.1) is 5.92 Å². The van der Waals surface area contributed by atoms with Gasteiger partial charge in [0.2, 0.25) is 11.8 Å². The van der Waals surface area contributed by atoms with Crippen molar-refractivity contribution in [3.05, 3.63) is 28.2 Å². The van der Waals surface area contributed by atoms with Gasteiger partial charge in [0.05, 0.1) is 10.0 Å². The van der Waals surface area contributed by atoms with Gasteiger partial charge in [0, 0.05) is 5.69 Å². The first-order chi connectivity index (χ1) is 9.72. The molecule has 0 saturated heterocycles. The maximum atomic E-state index is 12.1. The quantitative estimate of drug-likeness (QED) is 0.748. The number of hydrogen-bond donors (Lipinski definition) is 3. The van der Waals surface area contributed by atoms with Crippen molar-refractivity contribution < 1.29 is 9.59 Å². The predicted octanol–water partition coefficient (Wildman–Crippen LogP) is 2.42. The lowest BCUT2D eigenvalue weighted by atomic mass is 10.0. The molecule has 1 rings (SSSR count). The van der Waals surface area contributed by atoms with Crippen molar-refractivity contribution in [1.29, 1.82) is 0 Å². The summed E-state index contributed by atoms with van der Waals surface area (Å²) in [6, 6.07) is 3.73. The van der Waals surface area contributed by atoms with Crippen LogP contribution in [-0.2, 0) is 9.59 Å². The summed E-state index contributed by atoms with van der Waals surface area (Å²) in [5, 5.41) is 6.45. The van der Waals surface area contributed by atoms with E-state index in [4.69, 9.17) is 28.9 Å². The summed E-state index contributed by atoms with van der Waals surface area (Å²) < 4.78 is 0. The molecule has 1 aromatic rings. The molecule has 5 nitrogen and oxygen atoms in total. The number of rotatable bonds is 6. The van der Waals surface area contributed by atoms with Gasteiger partial charge in [0.25, 0.3) is 0 Å². The van der Waals surface area contributed by atoms with Crippen LogP contribution in [0.4, 0.5) is 5.69 Å². The van der Waals surface area contributed by atoms with Gasteiger partial charge in [-0.05, 0) is 31.0 Å². The Morgan fingerprint density at radius 1 is 1.14 bits per heavy atom. The largest absolute Gasteiger partial charge is 0.374 e. The highest BCUT2D eigenvalue weighted by atomic mass is 35.5. The molecule has 7 heteroatoms. The maximum absolute atomic E-state index is 12.1. The van der Waals surface area contributed by atoms with E-state index in [1.807, 2.05) is 13.8 Å². The Balaban J connectivity index is 2.69. The predicted molar refractivity (Wildman–Crippen MR) is 85.5 cm³/mol. The Morgan fingerprint density at radius 3 is 2.24 bits per heavy atom. The molecule has 0 spiro atoms. The Morgan fingerprint density at radius 2 is 1.76 bits per heavy atom. The van der Waals surface area contributed by atoms with Crippen molar-refractivity contribution >= 4 is 40.7 Å². The average Bonchev–Trinajstić information content (AvgIpc) is 2.39. The minimum Gasteiger partial charge on any atom is -0.374 e. The van der Waals surface area contributed by atoms with Gasteiger partial charge in [-0.1, -0.05) is 37.0 Å². The van der Waals surface area contributed by atoms with Crippen LogP contribution >= 0.6 is 23.2 Å². The smallest absolute Gasteiger partial charge is 0.242 e. The molecule has 0 radical (unpaired) electrons. The molecule has 2 amide bonds. The second-order valence-electron chi connectivity index (χ2n) is 5.13. The molecule has 4 N–H and O–H groups in total. The number of primary amides is 1. The molecule has 1 aromatic carbocycles. The highest BCUT2D eigenvalue weighted by Crippen LogP contribution is 2.25. The van der Waals surface area contributed by atoms with E-state index in [0.717, 1.165) is 0 Å². The van der Waals surface area contributed by atoms with Crippen molar-refractivity contribution in [1.82, 2.24) is 5.32 Å². The fourth-order valence-electron chi connectivity index (χ4n) is 1.75. The lowest BCUT2D eigenvalue weighted by Gasteiger charge is -2.22. The Hall–Kier alpha value is -1.46. The summed E-state index contributed by atoms with van der Waals surface area (Å²) in [6.45, 7) is 5.30. The van der Waals surface area contributed by atoms with Crippen molar-refractivity contribution in [2.24, 2.45) is 11.7 Å². The summed E-state index contributed by atoms with van der Waals surface area (Å²) in [7, 11) is 0. The molecule has 0 saturated carbocycles. The number of hydrogen-bond acceptors (Lipinski definition) is 3. The van der Waals surface area contributed by atoms with Crippen molar-refractivity contribution in [2.75, 3.05) is 5.32 Å². The maximum Gasteiger partial charge on any atom is 0.242 e. The van der Waals surface area contributed by atoms with Gasteiger partial charge < -0.3 is 16.4 Å². The normalized spacial score (nSPS) is 13.6. The summed E-state index contributed by atoms with van der Waals surface area (Å²) in [5.41, 5.74) is 5.93. The van der Waals surface area contributed by atoms with E-state index in [0.29, 0.717) is 15.7 Å². The Kier molecular flexibility index (Phi) is 6.30. The fraction of sp³-hybridized carbons (Fsp3) is 0.429. The van der Waals surface area contributed by atoms with Crippen LogP contribution in [0.25, 0.3) is 0 Å². The lowest BCUT2D eigenvalue weighted by Crippen LogP contribution is -2.51. The molecule has 0 unspecified atom stereocenters. The standard InChI is InChI=1S/C14H19Cl2N3O2/c1-7(2)12(13(17)20)19-14(21)8(3)18-9-4-5-10(15)11(16)6-9/h4-8,12,18H,1-3H3,(H2,17,20)(H,19,21)/t8-,12-/m0/s1. The Bertz CT molecular complexity index is 535. The van der Waals surface area contributed by atoms with E-state index in [1.165, 1.54) is 0 Å². The first kappa shape index (κ1) is 17.6. The second-order valence-corrected chi connectivity index (χ2v) is 5.94.